The summed E-state index contributed by atoms with van der Waals surface area (Å²) in [7, 11) is -5.39. The minimum atomic E-state index is -2.70. The van der Waals surface area contributed by atoms with Crippen molar-refractivity contribution in [1.29, 1.82) is 0 Å². The zero-order valence-electron chi connectivity index (χ0n) is 22.7. The Morgan fingerprint density at radius 3 is 0.900 bits per heavy atom. The molecule has 0 saturated carbocycles. The summed E-state index contributed by atoms with van der Waals surface area (Å²) < 4.78 is 29.0. The second-order valence-corrected chi connectivity index (χ2v) is 16.8. The highest BCUT2D eigenvalue weighted by molar-refractivity contribution is 7.61. The van der Waals surface area contributed by atoms with Crippen molar-refractivity contribution in [3.8, 4) is 0 Å². The van der Waals surface area contributed by atoms with Crippen LogP contribution < -0.4 is 0 Å². The van der Waals surface area contributed by atoms with E-state index >= 15 is 0 Å². The molecule has 4 aromatic carbocycles. The highest BCUT2D eigenvalue weighted by Gasteiger charge is 2.27. The number of benzene rings is 4. The van der Waals surface area contributed by atoms with E-state index in [-0.39, 0.29) is 0 Å². The largest absolute Gasteiger partial charge is 0.322 e. The second-order valence-electron chi connectivity index (χ2n) is 10.6. The van der Waals surface area contributed by atoms with Crippen LogP contribution in [0.25, 0.3) is 0 Å². The zero-order valence-corrected chi connectivity index (χ0v) is 24.5. The Labute approximate surface area is 238 Å². The first kappa shape index (κ1) is 28.0. The van der Waals surface area contributed by atoms with Gasteiger partial charge in [0.15, 0.2) is 0 Å². The van der Waals surface area contributed by atoms with Crippen LogP contribution in [-0.2, 0) is 46.1 Å². The Hall–Kier alpha value is -3.51. The molecular weight excluding hydrogens is 528 g/mol. The van der Waals surface area contributed by atoms with Gasteiger partial charge in [0.2, 0.25) is 0 Å². The summed E-state index contributed by atoms with van der Waals surface area (Å²) in [5.74, 6) is 0. The second kappa shape index (κ2) is 13.2. The van der Waals surface area contributed by atoms with Gasteiger partial charge in [-0.2, -0.15) is 0 Å². The van der Waals surface area contributed by atoms with Crippen LogP contribution >= 0.6 is 14.3 Å². The van der Waals surface area contributed by atoms with Gasteiger partial charge < -0.3 is 9.13 Å². The molecule has 0 aliphatic heterocycles. The number of aromatic nitrogens is 1. The quantitative estimate of drug-likeness (QED) is 0.142. The van der Waals surface area contributed by atoms with Gasteiger partial charge in [0, 0.05) is 48.4 Å². The molecule has 5 heteroatoms. The molecule has 0 spiro atoms. The summed E-state index contributed by atoms with van der Waals surface area (Å²) in [6, 6.07) is 46.2. The van der Waals surface area contributed by atoms with Crippen molar-refractivity contribution in [3.05, 3.63) is 173 Å². The fraction of sp³-hybridized carbons (Fsp3) is 0.171. The average molecular weight is 564 g/mol. The lowest BCUT2D eigenvalue weighted by atomic mass is 10.2. The van der Waals surface area contributed by atoms with E-state index in [1.807, 2.05) is 140 Å². The lowest BCUT2D eigenvalue weighted by molar-refractivity contribution is 0.571. The Bertz CT molecular complexity index is 1380. The predicted molar refractivity (Wildman–Crippen MR) is 167 cm³/mol. The molecule has 40 heavy (non-hydrogen) atoms. The van der Waals surface area contributed by atoms with Crippen molar-refractivity contribution in [1.82, 2.24) is 4.98 Å². The molecule has 0 fully saturated rings. The third-order valence-corrected chi connectivity index (χ3v) is 12.6. The third-order valence-electron chi connectivity index (χ3n) is 7.02. The van der Waals surface area contributed by atoms with Crippen LogP contribution in [0.3, 0.4) is 0 Å². The van der Waals surface area contributed by atoms with Crippen LogP contribution in [0.1, 0.15) is 33.6 Å². The molecule has 202 valence electrons. The molecule has 0 bridgehead atoms. The number of rotatable bonds is 12. The van der Waals surface area contributed by atoms with Crippen molar-refractivity contribution in [3.63, 3.8) is 0 Å². The molecule has 0 unspecified atom stereocenters. The van der Waals surface area contributed by atoms with Crippen molar-refractivity contribution >= 4 is 14.3 Å². The van der Waals surface area contributed by atoms with Gasteiger partial charge in [-0.25, -0.2) is 0 Å². The average Bonchev–Trinajstić information content (AvgIpc) is 2.95. The Morgan fingerprint density at radius 2 is 0.625 bits per heavy atom. The van der Waals surface area contributed by atoms with E-state index in [1.54, 1.807) is 0 Å². The van der Waals surface area contributed by atoms with Crippen LogP contribution in [0.2, 0.25) is 0 Å². The Morgan fingerprint density at radius 1 is 0.350 bits per heavy atom. The van der Waals surface area contributed by atoms with Gasteiger partial charge >= 0.3 is 0 Å². The molecule has 5 rings (SSSR count). The number of nitrogens with zero attached hydrogens (tertiary/aromatic N) is 1. The van der Waals surface area contributed by atoms with Crippen molar-refractivity contribution < 1.29 is 9.13 Å². The third kappa shape index (κ3) is 8.25. The minimum absolute atomic E-state index is 0.409. The standard InChI is InChI=1S/C35H35NO2P2/c37-39(24-30-14-5-1-6-15-30,25-31-16-7-2-8-17-31)28-34-22-13-23-35(36-34)29-40(38,26-32-18-9-3-10-19-32)27-33-20-11-4-12-21-33/h1-23H,24-29H2. The maximum absolute atomic E-state index is 14.5. The molecule has 5 aromatic rings. The molecule has 0 aliphatic carbocycles. The molecule has 0 atom stereocenters. The fourth-order valence-electron chi connectivity index (χ4n) is 5.30. The van der Waals surface area contributed by atoms with Gasteiger partial charge in [0.25, 0.3) is 0 Å². The van der Waals surface area contributed by atoms with E-state index in [0.717, 1.165) is 33.6 Å². The normalized spacial score (nSPS) is 11.8. The molecule has 0 N–H and O–H groups in total. The monoisotopic (exact) mass is 563 g/mol. The van der Waals surface area contributed by atoms with Gasteiger partial charge in [0.1, 0.15) is 14.3 Å². The van der Waals surface area contributed by atoms with Crippen LogP contribution in [0.15, 0.2) is 140 Å². The van der Waals surface area contributed by atoms with E-state index < -0.39 is 14.3 Å². The first-order valence-electron chi connectivity index (χ1n) is 13.7. The fourth-order valence-corrected chi connectivity index (χ4v) is 11.0. The molecule has 1 heterocycles. The van der Waals surface area contributed by atoms with Crippen molar-refractivity contribution in [2.75, 3.05) is 0 Å². The SMILES string of the molecule is O=P(Cc1ccccc1)(Cc1ccccc1)Cc1cccc(CP(=O)(Cc2ccccc2)Cc2ccccc2)n1. The first-order valence-corrected chi connectivity index (χ1v) is 18.2. The molecule has 3 nitrogen and oxygen atoms in total. The molecule has 0 amide bonds. The summed E-state index contributed by atoms with van der Waals surface area (Å²) in [6.45, 7) is 0. The van der Waals surface area contributed by atoms with Crippen molar-refractivity contribution in [2.24, 2.45) is 0 Å². The predicted octanol–water partition coefficient (Wildman–Crippen LogP) is 9.61. The lowest BCUT2D eigenvalue weighted by Crippen LogP contribution is -2.03. The summed E-state index contributed by atoms with van der Waals surface area (Å²) in [5.41, 5.74) is 5.92. The molecular formula is C35H35NO2P2. The van der Waals surface area contributed by atoms with E-state index in [1.165, 1.54) is 0 Å². The van der Waals surface area contributed by atoms with Crippen LogP contribution in [0.4, 0.5) is 0 Å². The molecule has 0 saturated heterocycles. The van der Waals surface area contributed by atoms with Gasteiger partial charge in [-0.3, -0.25) is 4.98 Å². The number of pyridine rings is 1. The molecule has 0 radical (unpaired) electrons. The summed E-state index contributed by atoms with van der Waals surface area (Å²) in [5, 5.41) is 0. The zero-order chi connectivity index (χ0) is 27.7. The molecule has 0 aliphatic rings. The van der Waals surface area contributed by atoms with Gasteiger partial charge in [-0.1, -0.05) is 127 Å². The highest BCUT2D eigenvalue weighted by atomic mass is 31.2. The minimum Gasteiger partial charge on any atom is -0.322 e. The highest BCUT2D eigenvalue weighted by Crippen LogP contribution is 2.56. The summed E-state index contributed by atoms with van der Waals surface area (Å²) in [4.78, 5) is 4.96. The van der Waals surface area contributed by atoms with E-state index in [0.29, 0.717) is 37.0 Å². The lowest BCUT2D eigenvalue weighted by Gasteiger charge is -2.21. The van der Waals surface area contributed by atoms with E-state index in [4.69, 9.17) is 4.98 Å². The van der Waals surface area contributed by atoms with Gasteiger partial charge in [-0.05, 0) is 34.4 Å². The first-order chi connectivity index (χ1) is 19.5. The van der Waals surface area contributed by atoms with Crippen molar-refractivity contribution in [2.45, 2.75) is 37.0 Å². The summed E-state index contributed by atoms with van der Waals surface area (Å²) >= 11 is 0. The topological polar surface area (TPSA) is 47.0 Å². The Kier molecular flexibility index (Phi) is 9.27. The van der Waals surface area contributed by atoms with Crippen LogP contribution in [0.5, 0.6) is 0 Å². The smallest absolute Gasteiger partial charge is 0.102 e. The maximum atomic E-state index is 14.5. The molecule has 1 aromatic heterocycles. The Balaban J connectivity index is 1.41. The number of hydrogen-bond acceptors (Lipinski definition) is 3. The van der Waals surface area contributed by atoms with Gasteiger partial charge in [-0.15, -0.1) is 0 Å². The maximum Gasteiger partial charge on any atom is 0.102 e. The van der Waals surface area contributed by atoms with Gasteiger partial charge in [0.05, 0.1) is 0 Å². The van der Waals surface area contributed by atoms with E-state index in [9.17, 15) is 9.13 Å². The van der Waals surface area contributed by atoms with E-state index in [2.05, 4.69) is 0 Å². The number of hydrogen-bond donors (Lipinski definition) is 0. The van der Waals surface area contributed by atoms with Crippen LogP contribution in [-0.4, -0.2) is 4.98 Å². The van der Waals surface area contributed by atoms with Crippen LogP contribution in [0, 0.1) is 0 Å². The summed E-state index contributed by atoms with van der Waals surface area (Å²) in [6.07, 6.45) is 2.91.